The molecule has 0 N–H and O–H groups in total. The average molecular weight is 351 g/mol. The zero-order valence-corrected chi connectivity index (χ0v) is 14.6. The summed E-state index contributed by atoms with van der Waals surface area (Å²) in [6.45, 7) is 2.08. The normalized spacial score (nSPS) is 16.0. The first kappa shape index (κ1) is 15.8. The number of thioether (sulfide) groups is 1. The van der Waals surface area contributed by atoms with E-state index in [1.54, 1.807) is 4.68 Å². The van der Waals surface area contributed by atoms with Crippen LogP contribution in [0.4, 0.5) is 5.69 Å². The smallest absolute Gasteiger partial charge is 0.237 e. The number of nitrogens with zero attached hydrogens (tertiary/aromatic N) is 5. The maximum atomic E-state index is 12.8. The number of carbonyl (C=O) groups excluding carboxylic acids is 1. The molecule has 1 aromatic heterocycles. The summed E-state index contributed by atoms with van der Waals surface area (Å²) < 4.78 is 1.65. The first-order valence-electron chi connectivity index (χ1n) is 8.10. The van der Waals surface area contributed by atoms with Gasteiger partial charge in [0, 0.05) is 11.7 Å². The Hall–Kier alpha value is -2.67. The molecule has 0 unspecified atom stereocenters. The predicted molar refractivity (Wildman–Crippen MR) is 97.0 cm³/mol. The molecule has 0 aliphatic carbocycles. The Labute approximate surface area is 149 Å². The lowest BCUT2D eigenvalue weighted by Gasteiger charge is -2.22. The molecule has 0 fully saturated rings. The van der Waals surface area contributed by atoms with Gasteiger partial charge in [0.1, 0.15) is 0 Å². The molecule has 1 atom stereocenters. The van der Waals surface area contributed by atoms with Crippen molar-refractivity contribution in [2.45, 2.75) is 24.5 Å². The van der Waals surface area contributed by atoms with E-state index < -0.39 is 0 Å². The monoisotopic (exact) mass is 351 g/mol. The van der Waals surface area contributed by atoms with Gasteiger partial charge in [0.2, 0.25) is 11.1 Å². The van der Waals surface area contributed by atoms with E-state index in [0.29, 0.717) is 10.9 Å². The number of aromatic nitrogens is 4. The van der Waals surface area contributed by atoms with Gasteiger partial charge >= 0.3 is 0 Å². The van der Waals surface area contributed by atoms with Gasteiger partial charge in [0.05, 0.1) is 11.4 Å². The third-order valence-electron chi connectivity index (χ3n) is 4.24. The maximum absolute atomic E-state index is 12.8. The van der Waals surface area contributed by atoms with Crippen LogP contribution >= 0.6 is 11.8 Å². The Morgan fingerprint density at radius 3 is 2.76 bits per heavy atom. The highest BCUT2D eigenvalue weighted by Gasteiger charge is 2.30. The van der Waals surface area contributed by atoms with Gasteiger partial charge in [-0.15, -0.1) is 5.10 Å². The van der Waals surface area contributed by atoms with Crippen LogP contribution in [0.2, 0.25) is 0 Å². The second kappa shape index (κ2) is 6.68. The predicted octanol–water partition coefficient (Wildman–Crippen LogP) is 2.73. The Bertz CT molecular complexity index is 895. The molecule has 25 heavy (non-hydrogen) atoms. The molecular formula is C18H17N5OS. The van der Waals surface area contributed by atoms with Crippen molar-refractivity contribution in [3.63, 3.8) is 0 Å². The van der Waals surface area contributed by atoms with Gasteiger partial charge in [-0.1, -0.05) is 48.2 Å². The van der Waals surface area contributed by atoms with Gasteiger partial charge in [0.15, 0.2) is 0 Å². The molecule has 2 heterocycles. The highest BCUT2D eigenvalue weighted by molar-refractivity contribution is 7.99. The number of rotatable bonds is 4. The molecule has 0 spiro atoms. The Balaban J connectivity index is 1.50. The molecule has 1 amide bonds. The number of hydrogen-bond donors (Lipinski definition) is 0. The number of para-hydroxylation sites is 2. The molecule has 0 saturated carbocycles. The van der Waals surface area contributed by atoms with Crippen LogP contribution in [0.15, 0.2) is 59.8 Å². The second-order valence-electron chi connectivity index (χ2n) is 5.94. The highest BCUT2D eigenvalue weighted by atomic mass is 32.2. The third-order valence-corrected chi connectivity index (χ3v) is 5.15. The number of tetrazole rings is 1. The maximum Gasteiger partial charge on any atom is 0.237 e. The minimum Gasteiger partial charge on any atom is -0.308 e. The van der Waals surface area contributed by atoms with Crippen LogP contribution in [-0.4, -0.2) is 37.9 Å². The Morgan fingerprint density at radius 1 is 1.16 bits per heavy atom. The summed E-state index contributed by atoms with van der Waals surface area (Å²) in [4.78, 5) is 14.7. The number of amides is 1. The van der Waals surface area contributed by atoms with E-state index in [1.807, 2.05) is 53.4 Å². The zero-order valence-electron chi connectivity index (χ0n) is 13.7. The summed E-state index contributed by atoms with van der Waals surface area (Å²) in [5.74, 6) is 0.372. The number of fused-ring (bicyclic) bond motifs is 1. The largest absolute Gasteiger partial charge is 0.308 e. The van der Waals surface area contributed by atoms with Crippen LogP contribution in [0.1, 0.15) is 12.5 Å². The topological polar surface area (TPSA) is 63.9 Å². The fourth-order valence-corrected chi connectivity index (χ4v) is 3.89. The lowest BCUT2D eigenvalue weighted by molar-refractivity contribution is -0.116. The van der Waals surface area contributed by atoms with Crippen LogP contribution < -0.4 is 4.90 Å². The van der Waals surface area contributed by atoms with Gasteiger partial charge in [0.25, 0.3) is 0 Å². The molecule has 7 heteroatoms. The molecule has 6 nitrogen and oxygen atoms in total. The molecule has 1 aliphatic heterocycles. The van der Waals surface area contributed by atoms with Gasteiger partial charge < -0.3 is 4.90 Å². The van der Waals surface area contributed by atoms with Crippen LogP contribution in [-0.2, 0) is 11.2 Å². The minimum absolute atomic E-state index is 0.0741. The summed E-state index contributed by atoms with van der Waals surface area (Å²) in [6.07, 6.45) is 0.897. The lowest BCUT2D eigenvalue weighted by atomic mass is 10.1. The van der Waals surface area contributed by atoms with Crippen LogP contribution in [0.5, 0.6) is 0 Å². The summed E-state index contributed by atoms with van der Waals surface area (Å²) in [5.41, 5.74) is 3.12. The van der Waals surface area contributed by atoms with E-state index >= 15 is 0 Å². The first-order chi connectivity index (χ1) is 12.2. The quantitative estimate of drug-likeness (QED) is 0.676. The standard InChI is InChI=1S/C18H17N5OS/c1-13-11-14-7-5-6-10-16(14)22(13)17(24)12-25-18-19-20-21-23(18)15-8-3-2-4-9-15/h2-10,13H,11-12H2,1H3/t13-/m1/s1. The van der Waals surface area contributed by atoms with Crippen molar-refractivity contribution in [2.75, 3.05) is 10.7 Å². The van der Waals surface area contributed by atoms with Crippen LogP contribution in [0, 0.1) is 0 Å². The number of hydrogen-bond acceptors (Lipinski definition) is 5. The van der Waals surface area contributed by atoms with Crippen LogP contribution in [0.3, 0.4) is 0 Å². The first-order valence-corrected chi connectivity index (χ1v) is 9.09. The fraction of sp³-hybridized carbons (Fsp3) is 0.222. The summed E-state index contributed by atoms with van der Waals surface area (Å²) >= 11 is 1.36. The lowest BCUT2D eigenvalue weighted by Crippen LogP contribution is -2.37. The Kier molecular flexibility index (Phi) is 4.23. The molecule has 4 rings (SSSR count). The molecule has 126 valence electrons. The van der Waals surface area contributed by atoms with Crippen molar-refractivity contribution in [1.82, 2.24) is 20.2 Å². The van der Waals surface area contributed by atoms with Gasteiger partial charge in [-0.2, -0.15) is 4.68 Å². The molecule has 0 saturated heterocycles. The summed E-state index contributed by atoms with van der Waals surface area (Å²) in [7, 11) is 0. The van der Waals surface area contributed by atoms with Crippen molar-refractivity contribution >= 4 is 23.4 Å². The molecule has 0 radical (unpaired) electrons. The minimum atomic E-state index is 0.0741. The van der Waals surface area contributed by atoms with Crippen LogP contribution in [0.25, 0.3) is 5.69 Å². The average Bonchev–Trinajstić information content (AvgIpc) is 3.23. The molecule has 2 aromatic carbocycles. The SMILES string of the molecule is C[C@@H]1Cc2ccccc2N1C(=O)CSc1nnnn1-c1ccccc1. The molecule has 3 aromatic rings. The van der Waals surface area contributed by atoms with Gasteiger partial charge in [-0.25, -0.2) is 0 Å². The number of anilines is 1. The van der Waals surface area contributed by atoms with Gasteiger partial charge in [-0.05, 0) is 47.5 Å². The summed E-state index contributed by atoms with van der Waals surface area (Å²) in [6, 6.07) is 17.9. The van der Waals surface area contributed by atoms with Crippen molar-refractivity contribution < 1.29 is 4.79 Å². The molecule has 1 aliphatic rings. The van der Waals surface area contributed by atoms with Crippen molar-refractivity contribution in [3.8, 4) is 5.69 Å². The number of benzene rings is 2. The van der Waals surface area contributed by atoms with E-state index in [4.69, 9.17) is 0 Å². The van der Waals surface area contributed by atoms with Crippen molar-refractivity contribution in [3.05, 3.63) is 60.2 Å². The van der Waals surface area contributed by atoms with Crippen molar-refractivity contribution in [2.24, 2.45) is 0 Å². The van der Waals surface area contributed by atoms with Crippen molar-refractivity contribution in [1.29, 1.82) is 0 Å². The zero-order chi connectivity index (χ0) is 17.2. The fourth-order valence-electron chi connectivity index (χ4n) is 3.14. The van der Waals surface area contributed by atoms with E-state index in [2.05, 4.69) is 28.5 Å². The molecular weight excluding hydrogens is 334 g/mol. The van der Waals surface area contributed by atoms with E-state index in [1.165, 1.54) is 17.3 Å². The van der Waals surface area contributed by atoms with E-state index in [9.17, 15) is 4.79 Å². The van der Waals surface area contributed by atoms with E-state index in [-0.39, 0.29) is 11.9 Å². The highest BCUT2D eigenvalue weighted by Crippen LogP contribution is 2.32. The number of carbonyl (C=O) groups is 1. The molecule has 0 bridgehead atoms. The Morgan fingerprint density at radius 2 is 1.92 bits per heavy atom. The third kappa shape index (κ3) is 3.02. The second-order valence-corrected chi connectivity index (χ2v) is 6.89. The van der Waals surface area contributed by atoms with E-state index in [0.717, 1.165) is 17.8 Å². The summed E-state index contributed by atoms with van der Waals surface area (Å²) in [5, 5.41) is 12.4. The van der Waals surface area contributed by atoms with Gasteiger partial charge in [-0.3, -0.25) is 4.79 Å².